The Bertz CT molecular complexity index is 669. The van der Waals surface area contributed by atoms with E-state index in [-0.39, 0.29) is 0 Å². The van der Waals surface area contributed by atoms with Gasteiger partial charge in [0.15, 0.2) is 0 Å². The van der Waals surface area contributed by atoms with Crippen molar-refractivity contribution in [1.29, 1.82) is 0 Å². The molecule has 5 aliphatic rings. The Morgan fingerprint density at radius 2 is 1.71 bits per heavy atom. The summed E-state index contributed by atoms with van der Waals surface area (Å²) >= 11 is 0. The average molecular weight is 429 g/mol. The van der Waals surface area contributed by atoms with Crippen LogP contribution in [0.15, 0.2) is 0 Å². The highest BCUT2D eigenvalue weighted by Crippen LogP contribution is 2.82. The molecule has 178 valence electrons. The summed E-state index contributed by atoms with van der Waals surface area (Å²) in [5.74, 6) is 7.54. The molecule has 0 saturated heterocycles. The number of methoxy groups -OCH3 is 1. The molecule has 5 aliphatic carbocycles. The van der Waals surface area contributed by atoms with Gasteiger partial charge >= 0.3 is 0 Å². The fraction of sp³-hybridized carbons (Fsp3) is 1.00. The first-order chi connectivity index (χ1) is 14.7. The van der Waals surface area contributed by atoms with Crippen molar-refractivity contribution in [2.24, 2.45) is 63.6 Å². The first-order valence-corrected chi connectivity index (χ1v) is 14.3. The first-order valence-electron chi connectivity index (χ1n) is 14.3. The Morgan fingerprint density at radius 3 is 2.35 bits per heavy atom. The van der Waals surface area contributed by atoms with Crippen LogP contribution in [0.3, 0.4) is 0 Å². The zero-order valence-corrected chi connectivity index (χ0v) is 21.9. The number of hydrogen-bond acceptors (Lipinski definition) is 1. The van der Waals surface area contributed by atoms with Crippen molar-refractivity contribution in [3.63, 3.8) is 0 Å². The summed E-state index contributed by atoms with van der Waals surface area (Å²) in [4.78, 5) is 0. The van der Waals surface area contributed by atoms with Crippen LogP contribution in [0.5, 0.6) is 0 Å². The van der Waals surface area contributed by atoms with Crippen LogP contribution in [-0.2, 0) is 4.74 Å². The van der Waals surface area contributed by atoms with Gasteiger partial charge in [0.25, 0.3) is 0 Å². The van der Waals surface area contributed by atoms with Gasteiger partial charge in [-0.05, 0) is 116 Å². The Morgan fingerprint density at radius 1 is 0.935 bits per heavy atom. The van der Waals surface area contributed by atoms with Crippen LogP contribution in [0.2, 0.25) is 0 Å². The topological polar surface area (TPSA) is 9.23 Å². The molecule has 0 amide bonds. The predicted molar refractivity (Wildman–Crippen MR) is 131 cm³/mol. The molecule has 1 nitrogen and oxygen atoms in total. The minimum Gasteiger partial charge on any atom is -0.381 e. The fourth-order valence-corrected chi connectivity index (χ4v) is 11.2. The molecule has 0 bridgehead atoms. The molecule has 0 aromatic heterocycles. The van der Waals surface area contributed by atoms with Crippen molar-refractivity contribution in [2.75, 3.05) is 7.11 Å². The molecule has 11 atom stereocenters. The molecule has 31 heavy (non-hydrogen) atoms. The maximum absolute atomic E-state index is 6.32. The van der Waals surface area contributed by atoms with E-state index in [0.29, 0.717) is 22.3 Å². The van der Waals surface area contributed by atoms with E-state index in [0.717, 1.165) is 47.3 Å². The molecule has 0 aliphatic heterocycles. The zero-order chi connectivity index (χ0) is 22.2. The summed E-state index contributed by atoms with van der Waals surface area (Å²) in [6.45, 7) is 15.4. The van der Waals surface area contributed by atoms with Crippen molar-refractivity contribution in [3.05, 3.63) is 0 Å². The highest BCUT2D eigenvalue weighted by molar-refractivity contribution is 5.26. The molecule has 0 heterocycles. The van der Waals surface area contributed by atoms with Gasteiger partial charge in [0.05, 0.1) is 6.10 Å². The van der Waals surface area contributed by atoms with E-state index in [1.54, 1.807) is 0 Å². The van der Waals surface area contributed by atoms with Gasteiger partial charge in [-0.15, -0.1) is 0 Å². The molecule has 0 aromatic rings. The van der Waals surface area contributed by atoms with Gasteiger partial charge in [0.1, 0.15) is 0 Å². The SMILES string of the molecule is CC[C@H](CC[C@@H](C)[C@H]1CC[C@H]2[C@@H]3C[C@@H](OC)[C@]45C[C@H]4CC[C@]5(C)[C@H]3CC[C@]12C)C(C)C. The molecule has 0 radical (unpaired) electrons. The lowest BCUT2D eigenvalue weighted by molar-refractivity contribution is -0.161. The lowest BCUT2D eigenvalue weighted by Crippen LogP contribution is -2.57. The van der Waals surface area contributed by atoms with Crippen LogP contribution in [0.4, 0.5) is 0 Å². The summed E-state index contributed by atoms with van der Waals surface area (Å²) in [7, 11) is 2.04. The molecular weight excluding hydrogens is 376 g/mol. The minimum atomic E-state index is 0.557. The zero-order valence-electron chi connectivity index (χ0n) is 21.9. The van der Waals surface area contributed by atoms with E-state index in [4.69, 9.17) is 4.74 Å². The summed E-state index contributed by atoms with van der Waals surface area (Å²) in [5.41, 5.74) is 1.76. The number of hydrogen-bond donors (Lipinski definition) is 0. The molecule has 1 heteroatoms. The first kappa shape index (κ1) is 22.7. The molecule has 1 spiro atoms. The van der Waals surface area contributed by atoms with Crippen molar-refractivity contribution in [3.8, 4) is 0 Å². The highest BCUT2D eigenvalue weighted by Gasteiger charge is 2.77. The summed E-state index contributed by atoms with van der Waals surface area (Å²) < 4.78 is 6.32. The molecule has 0 N–H and O–H groups in total. The predicted octanol–water partition coefficient (Wildman–Crippen LogP) is 8.37. The van der Waals surface area contributed by atoms with Crippen LogP contribution in [0.25, 0.3) is 0 Å². The normalized spacial score (nSPS) is 52.3. The van der Waals surface area contributed by atoms with Gasteiger partial charge in [-0.1, -0.05) is 54.4 Å². The molecule has 0 unspecified atom stereocenters. The van der Waals surface area contributed by atoms with Crippen molar-refractivity contribution in [1.82, 2.24) is 0 Å². The van der Waals surface area contributed by atoms with Gasteiger partial charge in [0, 0.05) is 12.5 Å². The molecule has 5 saturated carbocycles. The second-order valence-electron chi connectivity index (χ2n) is 13.9. The van der Waals surface area contributed by atoms with Gasteiger partial charge in [-0.3, -0.25) is 0 Å². The maximum Gasteiger partial charge on any atom is 0.0638 e. The standard InChI is InChI=1S/C30H52O/c1-8-21(19(2)3)10-9-20(4)24-11-12-25-23-17-27(31-7)30-18-22(30)13-16-29(30,6)26(23)14-15-28(24,25)5/h19-27H,8-18H2,1-7H3/t20-,21-,22-,23+,24-,25+,26+,27-,28-,29-,30+/m1/s1. The number of ether oxygens (including phenoxy) is 1. The Hall–Kier alpha value is -0.0400. The van der Waals surface area contributed by atoms with Crippen molar-refractivity contribution in [2.45, 2.75) is 118 Å². The van der Waals surface area contributed by atoms with Crippen LogP contribution < -0.4 is 0 Å². The van der Waals surface area contributed by atoms with E-state index in [1.807, 2.05) is 7.11 Å². The average Bonchev–Trinajstić information content (AvgIpc) is 3.24. The smallest absolute Gasteiger partial charge is 0.0638 e. The second-order valence-corrected chi connectivity index (χ2v) is 13.9. The van der Waals surface area contributed by atoms with Crippen LogP contribution in [0, 0.1) is 63.6 Å². The van der Waals surface area contributed by atoms with Crippen molar-refractivity contribution < 1.29 is 4.74 Å². The van der Waals surface area contributed by atoms with E-state index in [9.17, 15) is 0 Å². The highest BCUT2D eigenvalue weighted by atomic mass is 16.5. The monoisotopic (exact) mass is 428 g/mol. The largest absolute Gasteiger partial charge is 0.381 e. The quantitative estimate of drug-likeness (QED) is 0.396. The van der Waals surface area contributed by atoms with E-state index >= 15 is 0 Å². The van der Waals surface area contributed by atoms with E-state index in [1.165, 1.54) is 70.6 Å². The number of rotatable bonds is 7. The van der Waals surface area contributed by atoms with E-state index in [2.05, 4.69) is 41.5 Å². The summed E-state index contributed by atoms with van der Waals surface area (Å²) in [6, 6.07) is 0. The van der Waals surface area contributed by atoms with Crippen LogP contribution in [-0.4, -0.2) is 13.2 Å². The fourth-order valence-electron chi connectivity index (χ4n) is 11.2. The Balaban J connectivity index is 1.33. The third-order valence-electron chi connectivity index (χ3n) is 13.0. The van der Waals surface area contributed by atoms with Gasteiger partial charge in [-0.2, -0.15) is 0 Å². The van der Waals surface area contributed by atoms with Gasteiger partial charge < -0.3 is 4.74 Å². The lowest BCUT2D eigenvalue weighted by atomic mass is 9.45. The van der Waals surface area contributed by atoms with Crippen molar-refractivity contribution >= 4 is 0 Å². The summed E-state index contributed by atoms with van der Waals surface area (Å²) in [6.07, 6.45) is 16.7. The minimum absolute atomic E-state index is 0.557. The van der Waals surface area contributed by atoms with Crippen LogP contribution >= 0.6 is 0 Å². The Labute approximate surface area is 193 Å². The summed E-state index contributed by atoms with van der Waals surface area (Å²) in [5, 5.41) is 0. The van der Waals surface area contributed by atoms with E-state index < -0.39 is 0 Å². The van der Waals surface area contributed by atoms with Gasteiger partial charge in [0.2, 0.25) is 0 Å². The molecule has 5 rings (SSSR count). The second kappa shape index (κ2) is 7.74. The van der Waals surface area contributed by atoms with Gasteiger partial charge in [-0.25, -0.2) is 0 Å². The lowest BCUT2D eigenvalue weighted by Gasteiger charge is -2.61. The third kappa shape index (κ3) is 3.03. The third-order valence-corrected chi connectivity index (χ3v) is 13.0. The maximum atomic E-state index is 6.32. The molecule has 5 fully saturated rings. The number of fused-ring (bicyclic) bond motifs is 4. The molecule has 0 aromatic carbocycles. The van der Waals surface area contributed by atoms with Crippen LogP contribution in [0.1, 0.15) is 112 Å². The Kier molecular flexibility index (Phi) is 5.68. The molecular formula is C30H52O.